The number of halogens is 2. The Hall–Kier alpha value is -5.34. The minimum Gasteiger partial charge on any atom is -0.494 e. The highest BCUT2D eigenvalue weighted by Gasteiger charge is 2.23. The van der Waals surface area contributed by atoms with Gasteiger partial charge in [-0.2, -0.15) is 0 Å². The monoisotopic (exact) mass is 610 g/mol. The zero-order valence-electron chi connectivity index (χ0n) is 23.6. The fourth-order valence-electron chi connectivity index (χ4n) is 4.61. The molecule has 3 N–H and O–H groups in total. The summed E-state index contributed by atoms with van der Waals surface area (Å²) in [5, 5.41) is 15.9. The Morgan fingerprint density at radius 3 is 2.32 bits per heavy atom. The predicted octanol–water partition coefficient (Wildman–Crippen LogP) is 8.12. The summed E-state index contributed by atoms with van der Waals surface area (Å²) < 4.78 is 25.0. The summed E-state index contributed by atoms with van der Waals surface area (Å²) in [6.45, 7) is 0. The van der Waals surface area contributed by atoms with Crippen LogP contribution in [0.3, 0.4) is 0 Å². The van der Waals surface area contributed by atoms with Crippen LogP contribution < -0.4 is 20.1 Å². The first-order valence-corrected chi connectivity index (χ1v) is 14.0. The van der Waals surface area contributed by atoms with Crippen molar-refractivity contribution in [3.63, 3.8) is 0 Å². The molecule has 0 saturated heterocycles. The fourth-order valence-corrected chi connectivity index (χ4v) is 4.78. The molecular weight excluding hydrogens is 583 g/mol. The second-order valence-electron chi connectivity index (χ2n) is 9.84. The van der Waals surface area contributed by atoms with Crippen LogP contribution in [0.4, 0.5) is 15.8 Å². The Balaban J connectivity index is 1.32. The molecule has 5 aromatic rings. The third-order valence-corrected chi connectivity index (χ3v) is 7.06. The molecule has 7 nitrogen and oxygen atoms in total. The van der Waals surface area contributed by atoms with Crippen LogP contribution in [0.25, 0.3) is 11.1 Å². The Morgan fingerprint density at radius 1 is 0.864 bits per heavy atom. The van der Waals surface area contributed by atoms with Crippen molar-refractivity contribution in [2.45, 2.75) is 12.5 Å². The highest BCUT2D eigenvalue weighted by Crippen LogP contribution is 2.33. The van der Waals surface area contributed by atoms with Gasteiger partial charge in [0.1, 0.15) is 17.5 Å². The first-order chi connectivity index (χ1) is 21.3. The molecule has 0 heterocycles. The van der Waals surface area contributed by atoms with Gasteiger partial charge in [0.15, 0.2) is 11.6 Å². The molecule has 0 unspecified atom stereocenters. The van der Waals surface area contributed by atoms with E-state index in [0.29, 0.717) is 28.4 Å². The molecule has 0 radical (unpaired) electrons. The normalized spacial score (nSPS) is 11.3. The second kappa shape index (κ2) is 13.8. The van der Waals surface area contributed by atoms with Crippen LogP contribution in [0.15, 0.2) is 115 Å². The number of hydrogen-bond donors (Lipinski definition) is 3. The molecule has 0 bridgehead atoms. The molecule has 222 valence electrons. The summed E-state index contributed by atoms with van der Waals surface area (Å²) in [6, 6.07) is 32.1. The minimum atomic E-state index is -1.22. The lowest BCUT2D eigenvalue weighted by atomic mass is 9.99. The van der Waals surface area contributed by atoms with E-state index in [-0.39, 0.29) is 22.8 Å². The van der Waals surface area contributed by atoms with Crippen molar-refractivity contribution in [3.8, 4) is 28.4 Å². The van der Waals surface area contributed by atoms with Crippen LogP contribution in [-0.2, 0) is 11.2 Å². The van der Waals surface area contributed by atoms with Gasteiger partial charge in [0.2, 0.25) is 0 Å². The summed E-state index contributed by atoms with van der Waals surface area (Å²) in [4.78, 5) is 25.5. The lowest BCUT2D eigenvalue weighted by Gasteiger charge is -2.18. The van der Waals surface area contributed by atoms with Crippen LogP contribution in [-0.4, -0.2) is 30.1 Å². The van der Waals surface area contributed by atoms with E-state index in [1.807, 2.05) is 78.9 Å². The number of aliphatic carboxylic acids is 1. The summed E-state index contributed by atoms with van der Waals surface area (Å²) in [5.74, 6) is -0.934. The predicted molar refractivity (Wildman–Crippen MR) is 169 cm³/mol. The second-order valence-corrected chi connectivity index (χ2v) is 10.3. The molecule has 0 aliphatic heterocycles. The average Bonchev–Trinajstić information content (AvgIpc) is 3.03. The van der Waals surface area contributed by atoms with Crippen LogP contribution in [0.1, 0.15) is 15.9 Å². The molecule has 5 aromatic carbocycles. The summed E-state index contributed by atoms with van der Waals surface area (Å²) in [7, 11) is 1.35. The van der Waals surface area contributed by atoms with Gasteiger partial charge < -0.3 is 25.2 Å². The smallest absolute Gasteiger partial charge is 0.326 e. The van der Waals surface area contributed by atoms with Crippen molar-refractivity contribution in [1.29, 1.82) is 0 Å². The zero-order chi connectivity index (χ0) is 31.1. The van der Waals surface area contributed by atoms with E-state index in [1.54, 1.807) is 12.1 Å². The van der Waals surface area contributed by atoms with Gasteiger partial charge in [-0.15, -0.1) is 0 Å². The molecule has 1 atom stereocenters. The summed E-state index contributed by atoms with van der Waals surface area (Å²) in [5.41, 5.74) is 3.42. The minimum absolute atomic E-state index is 0.0270. The van der Waals surface area contributed by atoms with Crippen molar-refractivity contribution < 1.29 is 28.6 Å². The first-order valence-electron chi connectivity index (χ1n) is 13.7. The van der Waals surface area contributed by atoms with Crippen LogP contribution >= 0.6 is 11.6 Å². The molecule has 0 aromatic heterocycles. The number of anilines is 2. The number of amides is 1. The molecule has 0 fully saturated rings. The van der Waals surface area contributed by atoms with Crippen molar-refractivity contribution in [3.05, 3.63) is 137 Å². The molecular formula is C35H28ClFN2O5. The number of ether oxygens (including phenoxy) is 2. The molecule has 44 heavy (non-hydrogen) atoms. The number of methoxy groups -OCH3 is 1. The molecule has 0 spiro atoms. The number of carboxylic acid groups (broad SMARTS) is 1. The topological polar surface area (TPSA) is 96.9 Å². The number of hydrogen-bond acceptors (Lipinski definition) is 5. The Morgan fingerprint density at radius 2 is 1.59 bits per heavy atom. The van der Waals surface area contributed by atoms with Gasteiger partial charge in [0.05, 0.1) is 18.4 Å². The number of carbonyl (C=O) groups is 2. The number of benzene rings is 5. The number of para-hydroxylation sites is 2. The van der Waals surface area contributed by atoms with Gasteiger partial charge in [-0.25, -0.2) is 9.18 Å². The standard InChI is InChI=1S/C35H28ClFN2O5/c1-43-33-21-25(16-17-29(33)37)38-30-18-15-24(36)20-28(30)34(40)39-31(35(41)42)19-22-11-13-23(14-12-22)27-9-5-6-10-32(27)44-26-7-3-2-4-8-26/h2-18,20-21,31,38H,19H2,1H3,(H,39,40)(H,41,42)/t31-/m0/s1. The third-order valence-electron chi connectivity index (χ3n) is 6.82. The largest absolute Gasteiger partial charge is 0.494 e. The van der Waals surface area contributed by atoms with Crippen LogP contribution in [0.2, 0.25) is 5.02 Å². The van der Waals surface area contributed by atoms with E-state index in [0.717, 1.165) is 11.1 Å². The van der Waals surface area contributed by atoms with Gasteiger partial charge in [-0.05, 0) is 59.7 Å². The highest BCUT2D eigenvalue weighted by atomic mass is 35.5. The van der Waals surface area contributed by atoms with Gasteiger partial charge in [0.25, 0.3) is 5.91 Å². The van der Waals surface area contributed by atoms with E-state index >= 15 is 0 Å². The quantitative estimate of drug-likeness (QED) is 0.140. The lowest BCUT2D eigenvalue weighted by Crippen LogP contribution is -2.42. The molecule has 0 aliphatic carbocycles. The van der Waals surface area contributed by atoms with Crippen molar-refractivity contribution in [1.82, 2.24) is 5.32 Å². The molecule has 1 amide bonds. The molecule has 0 aliphatic rings. The van der Waals surface area contributed by atoms with Crippen LogP contribution in [0.5, 0.6) is 17.2 Å². The van der Waals surface area contributed by atoms with E-state index in [4.69, 9.17) is 21.1 Å². The van der Waals surface area contributed by atoms with Crippen molar-refractivity contribution in [2.24, 2.45) is 0 Å². The van der Waals surface area contributed by atoms with Gasteiger partial charge in [0, 0.05) is 28.8 Å². The Bertz CT molecular complexity index is 1780. The number of nitrogens with one attached hydrogen (secondary N) is 2. The average molecular weight is 611 g/mol. The van der Waals surface area contributed by atoms with Crippen molar-refractivity contribution in [2.75, 3.05) is 12.4 Å². The van der Waals surface area contributed by atoms with Crippen molar-refractivity contribution >= 4 is 34.9 Å². The summed E-state index contributed by atoms with van der Waals surface area (Å²) in [6.07, 6.45) is 0.0437. The highest BCUT2D eigenvalue weighted by molar-refractivity contribution is 6.31. The van der Waals surface area contributed by atoms with E-state index in [1.165, 1.54) is 31.4 Å². The molecule has 9 heteroatoms. The zero-order valence-corrected chi connectivity index (χ0v) is 24.3. The number of rotatable bonds is 11. The fraction of sp³-hybridized carbons (Fsp3) is 0.0857. The van der Waals surface area contributed by atoms with E-state index in [2.05, 4.69) is 10.6 Å². The lowest BCUT2D eigenvalue weighted by molar-refractivity contribution is -0.139. The van der Waals surface area contributed by atoms with Gasteiger partial charge in [-0.1, -0.05) is 72.3 Å². The maximum absolute atomic E-state index is 13.9. The Kier molecular flexibility index (Phi) is 9.42. The maximum Gasteiger partial charge on any atom is 0.326 e. The third kappa shape index (κ3) is 7.35. The van der Waals surface area contributed by atoms with E-state index in [9.17, 15) is 19.1 Å². The SMILES string of the molecule is COc1cc(Nc2ccc(Cl)cc2C(=O)N[C@@H](Cc2ccc(-c3ccccc3Oc3ccccc3)cc2)C(=O)O)ccc1F. The maximum atomic E-state index is 13.9. The van der Waals surface area contributed by atoms with Crippen LogP contribution in [0, 0.1) is 5.82 Å². The van der Waals surface area contributed by atoms with Gasteiger partial charge >= 0.3 is 5.97 Å². The molecule has 0 saturated carbocycles. The van der Waals surface area contributed by atoms with Gasteiger partial charge in [-0.3, -0.25) is 4.79 Å². The number of carbonyl (C=O) groups excluding carboxylic acids is 1. The number of carboxylic acids is 1. The van der Waals surface area contributed by atoms with E-state index < -0.39 is 23.7 Å². The summed E-state index contributed by atoms with van der Waals surface area (Å²) >= 11 is 6.18. The first kappa shape index (κ1) is 30.1. The Labute approximate surface area is 258 Å². The molecule has 5 rings (SSSR count).